The third-order valence-electron chi connectivity index (χ3n) is 6.33. The number of ether oxygens (including phenoxy) is 2. The van der Waals surface area contributed by atoms with Crippen LogP contribution in [-0.4, -0.2) is 19.0 Å². The molecule has 0 saturated carbocycles. The fraction of sp³-hybridized carbons (Fsp3) is 0.379. The van der Waals surface area contributed by atoms with E-state index in [4.69, 9.17) is 9.47 Å². The van der Waals surface area contributed by atoms with Crippen molar-refractivity contribution in [2.24, 2.45) is 0 Å². The van der Waals surface area contributed by atoms with Crippen LogP contribution in [0, 0.1) is 63.5 Å². The minimum atomic E-state index is -0.736. The van der Waals surface area contributed by atoms with Crippen molar-refractivity contribution in [3.63, 3.8) is 0 Å². The van der Waals surface area contributed by atoms with Gasteiger partial charge in [0.1, 0.15) is 35.4 Å². The monoisotopic (exact) mass is 558 g/mol. The molecule has 0 N–H and O–H groups in total. The van der Waals surface area contributed by atoms with Gasteiger partial charge in [-0.2, -0.15) is 21.0 Å². The molecule has 6 nitrogen and oxygen atoms in total. The Kier molecular flexibility index (Phi) is 9.13. The van der Waals surface area contributed by atoms with Crippen molar-refractivity contribution in [2.75, 3.05) is 13.2 Å². The highest BCUT2D eigenvalue weighted by atomic mass is 32.1. The van der Waals surface area contributed by atoms with E-state index >= 15 is 0 Å². The highest BCUT2D eigenvalue weighted by Crippen LogP contribution is 2.39. The summed E-state index contributed by atoms with van der Waals surface area (Å²) in [4.78, 5) is 0. The summed E-state index contributed by atoms with van der Waals surface area (Å²) in [5.74, 6) is -0.736. The summed E-state index contributed by atoms with van der Waals surface area (Å²) in [5.41, 5.74) is 2.55. The van der Waals surface area contributed by atoms with Crippen molar-refractivity contribution in [3.05, 3.63) is 62.6 Å². The summed E-state index contributed by atoms with van der Waals surface area (Å²) >= 11 is 4.54. The summed E-state index contributed by atoms with van der Waals surface area (Å²) in [6.07, 6.45) is 5.21. The topological polar surface area (TPSA) is 114 Å². The first kappa shape index (κ1) is 27.7. The molecule has 0 fully saturated rings. The average molecular weight is 559 g/mol. The highest BCUT2D eigenvalue weighted by Gasteiger charge is 2.41. The second kappa shape index (κ2) is 12.5. The molecule has 9 heteroatoms. The van der Waals surface area contributed by atoms with Gasteiger partial charge in [0.25, 0.3) is 0 Å². The lowest BCUT2D eigenvalue weighted by Crippen LogP contribution is -2.38. The number of rotatable bonds is 8. The maximum Gasteiger partial charge on any atom is 0.176 e. The zero-order valence-electron chi connectivity index (χ0n) is 21.3. The molecule has 3 heterocycles. The van der Waals surface area contributed by atoms with Crippen LogP contribution >= 0.6 is 34.0 Å². The number of nitrogens with zero attached hydrogens (tertiary/aromatic N) is 4. The van der Waals surface area contributed by atoms with Gasteiger partial charge >= 0.3 is 0 Å². The van der Waals surface area contributed by atoms with Crippen LogP contribution in [0.15, 0.2) is 24.3 Å². The Balaban J connectivity index is 2.02. The number of unbranched alkanes of at least 4 members (excludes halogenated alkanes) is 2. The number of hydrogen-bond donors (Lipinski definition) is 0. The third-order valence-corrected chi connectivity index (χ3v) is 10.2. The first-order valence-electron chi connectivity index (χ1n) is 12.5. The molecule has 0 amide bonds. The molecule has 3 aromatic rings. The third kappa shape index (κ3) is 5.59. The minimum Gasteiger partial charge on any atom is -0.349 e. The molecule has 3 aromatic heterocycles. The standard InChI is InChI=1S/C29H26N4O2S3/c1-3-5-11-34-29(35-12-6-4-2)13-21-22(14-29)28(26-10-8-24(37-26)20(17-32)18-33)38-27(21)25-9-7-23(36-25)19(15-30)16-31/h7-10H,3-6,11-14H2,1-2H3/b27-25-,28-26+. The van der Waals surface area contributed by atoms with Crippen molar-refractivity contribution in [2.45, 2.75) is 58.2 Å². The first-order chi connectivity index (χ1) is 18.5. The molecule has 0 bridgehead atoms. The van der Waals surface area contributed by atoms with E-state index in [0.717, 1.165) is 43.8 Å². The largest absolute Gasteiger partial charge is 0.349 e. The fourth-order valence-corrected chi connectivity index (χ4v) is 7.90. The molecule has 0 aliphatic heterocycles. The second-order valence-corrected chi connectivity index (χ2v) is 12.1. The summed E-state index contributed by atoms with van der Waals surface area (Å²) in [5, 5.41) is 37.4. The lowest BCUT2D eigenvalue weighted by molar-refractivity contribution is -0.231. The highest BCUT2D eigenvalue weighted by molar-refractivity contribution is 7.13. The Hall–Kier alpha value is -3.28. The lowest BCUT2D eigenvalue weighted by atomic mass is 10.2. The molecule has 0 atom stereocenters. The Bertz CT molecular complexity index is 1660. The molecule has 192 valence electrons. The molecule has 1 aliphatic rings. The molecule has 1 aliphatic carbocycles. The molecular formula is C29H26N4O2S3. The van der Waals surface area contributed by atoms with Gasteiger partial charge in [0.05, 0.1) is 22.3 Å². The number of hydrogen-bond acceptors (Lipinski definition) is 9. The van der Waals surface area contributed by atoms with Gasteiger partial charge in [-0.25, -0.2) is 0 Å². The van der Waals surface area contributed by atoms with E-state index in [-0.39, 0.29) is 11.1 Å². The number of nitriles is 4. The Morgan fingerprint density at radius 1 is 0.711 bits per heavy atom. The normalized spacial score (nSPS) is 15.1. The van der Waals surface area contributed by atoms with Crippen LogP contribution in [0.3, 0.4) is 0 Å². The maximum atomic E-state index is 9.35. The van der Waals surface area contributed by atoms with E-state index in [9.17, 15) is 21.0 Å². The first-order valence-corrected chi connectivity index (χ1v) is 15.0. The average Bonchev–Trinajstić information content (AvgIpc) is 3.71. The Morgan fingerprint density at radius 3 is 1.50 bits per heavy atom. The van der Waals surface area contributed by atoms with Crippen LogP contribution in [0.5, 0.6) is 0 Å². The lowest BCUT2D eigenvalue weighted by Gasteiger charge is -2.30. The SMILES string of the molecule is CCCCOC1(OCCCC)Cc2c(/c(=c3/ccc(=C(C#N)C#N)s3)s/c2=c2/ccc(=C(C#N)C#N)s2)C1. The molecule has 0 unspecified atom stereocenters. The van der Waals surface area contributed by atoms with E-state index in [0.29, 0.717) is 35.1 Å². The van der Waals surface area contributed by atoms with Gasteiger partial charge in [-0.05, 0) is 48.2 Å². The zero-order valence-corrected chi connectivity index (χ0v) is 23.7. The second-order valence-electron chi connectivity index (χ2n) is 8.91. The van der Waals surface area contributed by atoms with Crippen molar-refractivity contribution < 1.29 is 9.47 Å². The fourth-order valence-electron chi connectivity index (χ4n) is 4.38. The maximum absolute atomic E-state index is 9.35. The van der Waals surface area contributed by atoms with Crippen molar-refractivity contribution >= 4 is 45.2 Å². The minimum absolute atomic E-state index is 0.105. The van der Waals surface area contributed by atoms with Crippen molar-refractivity contribution in [1.82, 2.24) is 0 Å². The summed E-state index contributed by atoms with van der Waals surface area (Å²) in [6.45, 7) is 5.52. The molecule has 0 radical (unpaired) electrons. The number of fused-ring (bicyclic) bond motifs is 1. The van der Waals surface area contributed by atoms with E-state index in [1.54, 1.807) is 11.3 Å². The quantitative estimate of drug-likeness (QED) is 0.275. The predicted molar refractivity (Wildman–Crippen MR) is 149 cm³/mol. The summed E-state index contributed by atoms with van der Waals surface area (Å²) in [7, 11) is 0. The zero-order chi connectivity index (χ0) is 27.1. The van der Waals surface area contributed by atoms with Gasteiger partial charge in [-0.3, -0.25) is 0 Å². The van der Waals surface area contributed by atoms with Crippen LogP contribution in [0.2, 0.25) is 0 Å². The van der Waals surface area contributed by atoms with Gasteiger partial charge in [0.15, 0.2) is 5.79 Å². The van der Waals surface area contributed by atoms with Gasteiger partial charge in [-0.15, -0.1) is 34.0 Å². The van der Waals surface area contributed by atoms with Crippen LogP contribution in [0.25, 0.3) is 11.1 Å². The molecule has 38 heavy (non-hydrogen) atoms. The molecule has 0 aromatic carbocycles. The van der Waals surface area contributed by atoms with Crippen molar-refractivity contribution in [1.29, 1.82) is 21.0 Å². The van der Waals surface area contributed by atoms with E-state index < -0.39 is 5.79 Å². The molecular weight excluding hydrogens is 533 g/mol. The molecule has 0 saturated heterocycles. The number of thiophene rings is 3. The van der Waals surface area contributed by atoms with Crippen LogP contribution in [0.4, 0.5) is 0 Å². The van der Waals surface area contributed by atoms with E-state index in [2.05, 4.69) is 13.8 Å². The van der Waals surface area contributed by atoms with Crippen LogP contribution < -0.4 is 9.06 Å². The Labute approximate surface area is 233 Å². The summed E-state index contributed by atoms with van der Waals surface area (Å²) < 4.78 is 18.4. The smallest absolute Gasteiger partial charge is 0.176 e. The van der Waals surface area contributed by atoms with E-state index in [1.807, 2.05) is 48.5 Å². The van der Waals surface area contributed by atoms with Gasteiger partial charge in [0.2, 0.25) is 0 Å². The molecule has 0 spiro atoms. The Morgan fingerprint density at radius 2 is 1.13 bits per heavy atom. The van der Waals surface area contributed by atoms with Crippen LogP contribution in [-0.2, 0) is 22.3 Å². The van der Waals surface area contributed by atoms with E-state index in [1.165, 1.54) is 33.8 Å². The van der Waals surface area contributed by atoms with Gasteiger partial charge in [0, 0.05) is 31.0 Å². The molecule has 4 rings (SSSR count). The van der Waals surface area contributed by atoms with Crippen LogP contribution in [0.1, 0.15) is 50.7 Å². The van der Waals surface area contributed by atoms with Crippen molar-refractivity contribution in [3.8, 4) is 24.3 Å². The summed E-state index contributed by atoms with van der Waals surface area (Å²) in [6, 6.07) is 15.5. The van der Waals surface area contributed by atoms with Gasteiger partial charge in [-0.1, -0.05) is 26.7 Å². The van der Waals surface area contributed by atoms with Gasteiger partial charge < -0.3 is 9.47 Å². The predicted octanol–water partition coefficient (Wildman–Crippen LogP) is 5.27.